The third kappa shape index (κ3) is 17.5. The van der Waals surface area contributed by atoms with Crippen LogP contribution in [-0.2, 0) is 44.2 Å². The number of quaternary nitrogens is 1. The molecule has 0 aromatic heterocycles. The van der Waals surface area contributed by atoms with E-state index in [-0.39, 0.29) is 31.3 Å². The molecular weight excluding hydrogens is 1310 g/mol. The molecule has 0 fully saturated rings. The zero-order valence-corrected chi connectivity index (χ0v) is 39.3. The Morgan fingerprint density at radius 2 is 1.25 bits per heavy atom. The molecule has 0 radical (unpaired) electrons. The van der Waals surface area contributed by atoms with E-state index in [4.69, 9.17) is 18.5 Å². The van der Waals surface area contributed by atoms with Crippen LogP contribution in [0.15, 0.2) is 24.3 Å². The third-order valence-corrected chi connectivity index (χ3v) is 15.8. The van der Waals surface area contributed by atoms with E-state index in [9.17, 15) is 19.0 Å². The summed E-state index contributed by atoms with van der Waals surface area (Å²) in [5.74, 6) is 0.383. The van der Waals surface area contributed by atoms with E-state index in [2.05, 4.69) is 160 Å². The van der Waals surface area contributed by atoms with Crippen molar-refractivity contribution in [3.05, 3.63) is 56.8 Å². The van der Waals surface area contributed by atoms with Crippen LogP contribution in [0.1, 0.15) is 11.1 Å². The van der Waals surface area contributed by atoms with Gasteiger partial charge in [0.1, 0.15) is 32.5 Å². The molecule has 1 N–H and O–H groups in total. The van der Waals surface area contributed by atoms with Gasteiger partial charge in [-0.2, -0.15) is 0 Å². The van der Waals surface area contributed by atoms with Crippen molar-refractivity contribution in [1.29, 1.82) is 0 Å². The van der Waals surface area contributed by atoms with Gasteiger partial charge in [0.25, 0.3) is 0 Å². The normalized spacial score (nSPS) is 13.2. The van der Waals surface area contributed by atoms with Crippen LogP contribution in [0.2, 0.25) is 0 Å². The molecule has 0 aliphatic carbocycles. The number of carbonyl (C=O) groups is 2. The number of hydrogen-bond donors (Lipinski definition) is 1. The first kappa shape index (κ1) is 42.7. The van der Waals surface area contributed by atoms with Crippen LogP contribution >= 0.6 is 167 Å². The first-order chi connectivity index (χ1) is 20.5. The summed E-state index contributed by atoms with van der Waals surface area (Å²) < 4.78 is 41.1. The molecule has 0 aliphatic heterocycles. The second-order valence-electron chi connectivity index (χ2n) is 10.1. The van der Waals surface area contributed by atoms with Crippen molar-refractivity contribution in [2.75, 3.05) is 59.0 Å². The van der Waals surface area contributed by atoms with Gasteiger partial charge in [0.05, 0.1) is 32.6 Å². The van der Waals surface area contributed by atoms with Gasteiger partial charge in [-0.1, -0.05) is 0 Å². The molecule has 9 nitrogen and oxygen atoms in total. The summed E-state index contributed by atoms with van der Waals surface area (Å²) in [5, 5.41) is 0. The lowest BCUT2D eigenvalue weighted by atomic mass is 10.2. The average Bonchev–Trinajstić information content (AvgIpc) is 2.90. The minimum absolute atomic E-state index is 0.0246. The number of halogens is 6. The van der Waals surface area contributed by atoms with Crippen molar-refractivity contribution in [3.8, 4) is 0 Å². The minimum Gasteiger partial charge on any atom is -0.462 e. The number of hydrogen-bond acceptors (Lipinski definition) is 9. The average molecular weight is 1340 g/mol. The highest BCUT2D eigenvalue weighted by Gasteiger charge is 2.29. The molecule has 2 rings (SSSR count). The standard InChI is InChI=1S/C26H30I6NO8PS2/c1-33(2,3)4-5-40-42(36,37)41-20(10-38-23(34)14-43-12-16-6-18(27)8-21(29)25(16)31)11-39-24(35)15-44-13-17-7-19(28)9-22(30)26(17)32/h6-9,20H,4-5,10-15H2,1-3H3/p+1. The summed E-state index contributed by atoms with van der Waals surface area (Å²) in [5.41, 5.74) is 2.26. The molecule has 18 heteroatoms. The summed E-state index contributed by atoms with van der Waals surface area (Å²) in [6, 6.07) is 8.35. The minimum atomic E-state index is -4.51. The number of esters is 2. The monoisotopic (exact) mass is 1340 g/mol. The second-order valence-corrected chi connectivity index (χ2v) is 20.5. The van der Waals surface area contributed by atoms with E-state index < -0.39 is 25.9 Å². The van der Waals surface area contributed by atoms with Gasteiger partial charge in [0.2, 0.25) is 0 Å². The predicted octanol–water partition coefficient (Wildman–Crippen LogP) is 7.78. The maximum absolute atomic E-state index is 12.6. The molecule has 0 saturated carbocycles. The van der Waals surface area contributed by atoms with Crippen LogP contribution in [0.4, 0.5) is 0 Å². The number of benzene rings is 2. The highest BCUT2D eigenvalue weighted by atomic mass is 127. The molecule has 1 atom stereocenters. The van der Waals surface area contributed by atoms with Crippen LogP contribution < -0.4 is 0 Å². The Balaban J connectivity index is 1.92. The van der Waals surface area contributed by atoms with Crippen molar-refractivity contribution < 1.29 is 42.1 Å². The molecule has 1 unspecified atom stereocenters. The number of rotatable bonds is 18. The maximum atomic E-state index is 12.6. The summed E-state index contributed by atoms with van der Waals surface area (Å²) >= 11 is 16.5. The number of phosphoric acid groups is 1. The molecule has 0 aliphatic rings. The molecule has 0 heterocycles. The van der Waals surface area contributed by atoms with Crippen LogP contribution in [0.25, 0.3) is 0 Å². The lowest BCUT2D eigenvalue weighted by Gasteiger charge is -2.25. The SMILES string of the molecule is C[N+](C)(C)CCOP(=O)(O)OC(COC(=O)CSCc1cc(I)cc(I)c1I)COC(=O)CSCc1cc(I)cc(I)c1I. The van der Waals surface area contributed by atoms with Crippen molar-refractivity contribution in [3.63, 3.8) is 0 Å². The smallest absolute Gasteiger partial charge is 0.462 e. The third-order valence-electron chi connectivity index (χ3n) is 5.25. The lowest BCUT2D eigenvalue weighted by molar-refractivity contribution is -0.870. The fourth-order valence-electron chi connectivity index (χ4n) is 3.13. The number of likely N-dealkylation sites (N-methyl/N-ethyl adjacent to an activating group) is 1. The Hall–Kier alpha value is 2.53. The number of phosphoric ester groups is 1. The Kier molecular flexibility index (Phi) is 20.4. The van der Waals surface area contributed by atoms with E-state index in [1.807, 2.05) is 21.1 Å². The molecule has 0 saturated heterocycles. The zero-order valence-electron chi connectivity index (χ0n) is 23.8. The molecule has 2 aromatic carbocycles. The van der Waals surface area contributed by atoms with Crippen molar-refractivity contribution in [2.45, 2.75) is 17.6 Å². The van der Waals surface area contributed by atoms with Gasteiger partial charge in [-0.15, -0.1) is 23.5 Å². The summed E-state index contributed by atoms with van der Waals surface area (Å²) in [6.07, 6.45) is -1.19. The summed E-state index contributed by atoms with van der Waals surface area (Å²) in [6.45, 7) is -0.307. The Bertz CT molecular complexity index is 1270. The van der Waals surface area contributed by atoms with Gasteiger partial charge < -0.3 is 18.9 Å². The molecule has 2 aromatic rings. The van der Waals surface area contributed by atoms with Gasteiger partial charge in [0, 0.05) is 32.9 Å². The van der Waals surface area contributed by atoms with Crippen molar-refractivity contribution in [2.24, 2.45) is 0 Å². The largest absolute Gasteiger partial charge is 0.472 e. The van der Waals surface area contributed by atoms with Crippen LogP contribution in [-0.4, -0.2) is 86.4 Å². The fourth-order valence-corrected chi connectivity index (χ4v) is 11.1. The maximum Gasteiger partial charge on any atom is 0.472 e. The van der Waals surface area contributed by atoms with E-state index in [0.29, 0.717) is 22.5 Å². The molecule has 0 amide bonds. The van der Waals surface area contributed by atoms with Crippen molar-refractivity contribution in [1.82, 2.24) is 0 Å². The van der Waals surface area contributed by atoms with Gasteiger partial charge in [-0.25, -0.2) is 4.57 Å². The number of thioether (sulfide) groups is 2. The van der Waals surface area contributed by atoms with Gasteiger partial charge in [-0.05, 0) is 171 Å². The van der Waals surface area contributed by atoms with Gasteiger partial charge in [0.15, 0.2) is 0 Å². The van der Waals surface area contributed by atoms with Crippen molar-refractivity contribution >= 4 is 179 Å². The number of nitrogens with zero attached hydrogens (tertiary/aromatic N) is 1. The van der Waals surface area contributed by atoms with E-state index >= 15 is 0 Å². The first-order valence-electron chi connectivity index (χ1n) is 12.7. The molecular formula is C26H31I6NO8PS2+. The number of ether oxygens (including phenoxy) is 2. The van der Waals surface area contributed by atoms with E-state index in [1.165, 1.54) is 23.5 Å². The van der Waals surface area contributed by atoms with Gasteiger partial charge >= 0.3 is 19.8 Å². The summed E-state index contributed by atoms with van der Waals surface area (Å²) in [7, 11) is 1.25. The van der Waals surface area contributed by atoms with Crippen LogP contribution in [0.5, 0.6) is 0 Å². The quantitative estimate of drug-likeness (QED) is 0.0524. The second kappa shape index (κ2) is 21.0. The molecule has 44 heavy (non-hydrogen) atoms. The number of carbonyl (C=O) groups excluding carboxylic acids is 2. The Morgan fingerprint density at radius 1 is 0.818 bits per heavy atom. The molecule has 246 valence electrons. The Morgan fingerprint density at radius 3 is 1.66 bits per heavy atom. The summed E-state index contributed by atoms with van der Waals surface area (Å²) in [4.78, 5) is 35.3. The zero-order chi connectivity index (χ0) is 33.1. The Labute approximate surface area is 349 Å². The molecule has 0 spiro atoms. The first-order valence-corrected chi connectivity index (χ1v) is 22.9. The van der Waals surface area contributed by atoms with Gasteiger partial charge in [-0.3, -0.25) is 18.6 Å². The van der Waals surface area contributed by atoms with Crippen LogP contribution in [0.3, 0.4) is 0 Å². The highest BCUT2D eigenvalue weighted by molar-refractivity contribution is 14.1. The topological polar surface area (TPSA) is 108 Å². The van der Waals surface area contributed by atoms with E-state index in [1.54, 1.807) is 0 Å². The van der Waals surface area contributed by atoms with E-state index in [0.717, 1.165) is 32.5 Å². The highest BCUT2D eigenvalue weighted by Crippen LogP contribution is 2.44. The fraction of sp³-hybridized carbons (Fsp3) is 0.462. The predicted molar refractivity (Wildman–Crippen MR) is 227 cm³/mol. The van der Waals surface area contributed by atoms with Crippen LogP contribution in [0, 0.1) is 21.4 Å². The lowest BCUT2D eigenvalue weighted by Crippen LogP contribution is -2.37. The molecule has 0 bridgehead atoms.